The zero-order valence-corrected chi connectivity index (χ0v) is 16.1. The first-order chi connectivity index (χ1) is 12.9. The molecule has 0 unspecified atom stereocenters. The quantitative estimate of drug-likeness (QED) is 0.717. The Bertz CT molecular complexity index is 877. The van der Waals surface area contributed by atoms with Gasteiger partial charge in [-0.15, -0.1) is 0 Å². The van der Waals surface area contributed by atoms with Crippen molar-refractivity contribution in [2.75, 3.05) is 18.6 Å². The fraction of sp³-hybridized carbons (Fsp3) is 0.421. The first kappa shape index (κ1) is 19.3. The van der Waals surface area contributed by atoms with Crippen molar-refractivity contribution >= 4 is 15.7 Å². The minimum atomic E-state index is -3.13. The molecule has 8 heteroatoms. The number of hydrogen-bond donors (Lipinski definition) is 0. The van der Waals surface area contributed by atoms with E-state index in [1.54, 1.807) is 42.2 Å². The highest BCUT2D eigenvalue weighted by Crippen LogP contribution is 2.28. The van der Waals surface area contributed by atoms with Gasteiger partial charge in [0.2, 0.25) is 0 Å². The summed E-state index contributed by atoms with van der Waals surface area (Å²) in [6.07, 6.45) is 1.13. The lowest BCUT2D eigenvalue weighted by Gasteiger charge is -2.30. The van der Waals surface area contributed by atoms with E-state index in [9.17, 15) is 13.2 Å². The van der Waals surface area contributed by atoms with Gasteiger partial charge in [-0.2, -0.15) is 0 Å². The normalized spacial score (nSPS) is 19.4. The third-order valence-electron chi connectivity index (χ3n) is 4.56. The summed E-state index contributed by atoms with van der Waals surface area (Å²) in [6, 6.07) is 10.2. The second kappa shape index (κ2) is 8.04. The first-order valence-corrected chi connectivity index (χ1v) is 10.5. The van der Waals surface area contributed by atoms with Crippen molar-refractivity contribution in [3.05, 3.63) is 48.4 Å². The summed E-state index contributed by atoms with van der Waals surface area (Å²) < 4.78 is 40.2. The molecule has 1 aromatic heterocycles. The Labute approximate surface area is 158 Å². The Hall–Kier alpha value is -2.48. The number of hydrogen-bond acceptors (Lipinski definition) is 6. The molecule has 0 bridgehead atoms. The number of sulfone groups is 1. The van der Waals surface area contributed by atoms with Crippen LogP contribution in [0.4, 0.5) is 0 Å². The van der Waals surface area contributed by atoms with Crippen molar-refractivity contribution in [2.24, 2.45) is 0 Å². The maximum Gasteiger partial charge on any atom is 0.264 e. The standard InChI is InChI=1S/C19H23NO6S/c1-14(26-18-8-4-3-7-17(18)24-2)19(21)20(12-16-6-5-10-25-16)15-9-11-27(22,23)13-15/h3-8,10,14-15H,9,11-13H2,1-2H3/t14-,15+/m1/s1. The molecule has 0 radical (unpaired) electrons. The number of methoxy groups -OCH3 is 1. The Morgan fingerprint density at radius 1 is 1.26 bits per heavy atom. The lowest BCUT2D eigenvalue weighted by atomic mass is 10.2. The van der Waals surface area contributed by atoms with Crippen LogP contribution in [0.5, 0.6) is 11.5 Å². The maximum absolute atomic E-state index is 13.1. The highest BCUT2D eigenvalue weighted by atomic mass is 32.2. The molecular weight excluding hydrogens is 370 g/mol. The second-order valence-corrected chi connectivity index (χ2v) is 8.74. The molecule has 1 aliphatic rings. The molecule has 2 atom stereocenters. The second-order valence-electron chi connectivity index (χ2n) is 6.51. The Morgan fingerprint density at radius 3 is 2.59 bits per heavy atom. The third kappa shape index (κ3) is 4.63. The molecule has 0 spiro atoms. The molecule has 1 aromatic carbocycles. The van der Waals surface area contributed by atoms with Crippen LogP contribution in [0.1, 0.15) is 19.1 Å². The SMILES string of the molecule is COc1ccccc1O[C@H](C)C(=O)N(Cc1ccco1)[C@H]1CCS(=O)(=O)C1. The van der Waals surface area contributed by atoms with Crippen molar-refractivity contribution < 1.29 is 27.1 Å². The van der Waals surface area contributed by atoms with Crippen LogP contribution in [-0.2, 0) is 21.2 Å². The van der Waals surface area contributed by atoms with Gasteiger partial charge in [0.1, 0.15) is 5.76 Å². The highest BCUT2D eigenvalue weighted by Gasteiger charge is 2.37. The van der Waals surface area contributed by atoms with E-state index < -0.39 is 22.0 Å². The van der Waals surface area contributed by atoms with Crippen molar-refractivity contribution in [3.8, 4) is 11.5 Å². The van der Waals surface area contributed by atoms with Gasteiger partial charge in [0.25, 0.3) is 5.91 Å². The molecule has 146 valence electrons. The topological polar surface area (TPSA) is 86.1 Å². The van der Waals surface area contributed by atoms with Crippen LogP contribution < -0.4 is 9.47 Å². The predicted octanol–water partition coefficient (Wildman–Crippen LogP) is 2.27. The molecular formula is C19H23NO6S. The Morgan fingerprint density at radius 2 is 2.00 bits per heavy atom. The number of rotatable bonds is 7. The summed E-state index contributed by atoms with van der Waals surface area (Å²) in [5, 5.41) is 0. The summed E-state index contributed by atoms with van der Waals surface area (Å²) in [7, 11) is -1.60. The molecule has 1 amide bonds. The van der Waals surface area contributed by atoms with E-state index in [0.717, 1.165) is 0 Å². The Kier molecular flexibility index (Phi) is 5.74. The van der Waals surface area contributed by atoms with Crippen LogP contribution in [0, 0.1) is 0 Å². The summed E-state index contributed by atoms with van der Waals surface area (Å²) in [5.74, 6) is 1.33. The van der Waals surface area contributed by atoms with Crippen LogP contribution in [0.15, 0.2) is 47.1 Å². The van der Waals surface area contributed by atoms with Gasteiger partial charge < -0.3 is 18.8 Å². The lowest BCUT2D eigenvalue weighted by Crippen LogP contribution is -2.46. The van der Waals surface area contributed by atoms with E-state index in [1.807, 2.05) is 6.07 Å². The number of carbonyl (C=O) groups is 1. The monoisotopic (exact) mass is 393 g/mol. The fourth-order valence-corrected chi connectivity index (χ4v) is 4.90. The summed E-state index contributed by atoms with van der Waals surface area (Å²) in [4.78, 5) is 14.6. The van der Waals surface area contributed by atoms with Crippen molar-refractivity contribution in [3.63, 3.8) is 0 Å². The van der Waals surface area contributed by atoms with Crippen molar-refractivity contribution in [1.29, 1.82) is 0 Å². The molecule has 0 N–H and O–H groups in total. The number of furan rings is 1. The van der Waals surface area contributed by atoms with E-state index in [2.05, 4.69) is 0 Å². The van der Waals surface area contributed by atoms with Crippen LogP contribution in [0.2, 0.25) is 0 Å². The minimum absolute atomic E-state index is 0.0408. The minimum Gasteiger partial charge on any atom is -0.493 e. The first-order valence-electron chi connectivity index (χ1n) is 8.72. The fourth-order valence-electron chi connectivity index (χ4n) is 3.17. The van der Waals surface area contributed by atoms with E-state index in [0.29, 0.717) is 23.7 Å². The van der Waals surface area contributed by atoms with Crippen molar-refractivity contribution in [1.82, 2.24) is 4.90 Å². The molecule has 1 saturated heterocycles. The zero-order valence-electron chi connectivity index (χ0n) is 15.3. The summed E-state index contributed by atoms with van der Waals surface area (Å²) >= 11 is 0. The van der Waals surface area contributed by atoms with Crippen LogP contribution in [-0.4, -0.2) is 50.0 Å². The van der Waals surface area contributed by atoms with Gasteiger partial charge in [-0.25, -0.2) is 8.42 Å². The predicted molar refractivity (Wildman–Crippen MR) is 99.4 cm³/mol. The molecule has 27 heavy (non-hydrogen) atoms. The van der Waals surface area contributed by atoms with Gasteiger partial charge in [-0.05, 0) is 37.6 Å². The molecule has 0 saturated carbocycles. The molecule has 3 rings (SSSR count). The van der Waals surface area contributed by atoms with E-state index >= 15 is 0 Å². The van der Waals surface area contributed by atoms with Crippen molar-refractivity contribution in [2.45, 2.75) is 32.0 Å². The van der Waals surface area contributed by atoms with Gasteiger partial charge in [0.05, 0.1) is 31.4 Å². The number of ether oxygens (including phenoxy) is 2. The van der Waals surface area contributed by atoms with Gasteiger partial charge in [-0.1, -0.05) is 12.1 Å². The van der Waals surface area contributed by atoms with Gasteiger partial charge in [0.15, 0.2) is 27.4 Å². The van der Waals surface area contributed by atoms with Gasteiger partial charge in [0, 0.05) is 6.04 Å². The van der Waals surface area contributed by atoms with E-state index in [1.165, 1.54) is 13.4 Å². The molecule has 1 fully saturated rings. The molecule has 1 aliphatic heterocycles. The lowest BCUT2D eigenvalue weighted by molar-refractivity contribution is -0.141. The number of carbonyl (C=O) groups excluding carboxylic acids is 1. The van der Waals surface area contributed by atoms with Crippen LogP contribution >= 0.6 is 0 Å². The number of amides is 1. The summed E-state index contributed by atoms with van der Waals surface area (Å²) in [5.41, 5.74) is 0. The molecule has 7 nitrogen and oxygen atoms in total. The average molecular weight is 393 g/mol. The summed E-state index contributed by atoms with van der Waals surface area (Å²) in [6.45, 7) is 1.85. The molecule has 2 heterocycles. The van der Waals surface area contributed by atoms with Crippen LogP contribution in [0.25, 0.3) is 0 Å². The van der Waals surface area contributed by atoms with Gasteiger partial charge in [-0.3, -0.25) is 4.79 Å². The Balaban J connectivity index is 1.79. The number of nitrogens with zero attached hydrogens (tertiary/aromatic N) is 1. The van der Waals surface area contributed by atoms with Crippen LogP contribution in [0.3, 0.4) is 0 Å². The number of benzene rings is 1. The largest absolute Gasteiger partial charge is 0.493 e. The zero-order chi connectivity index (χ0) is 19.4. The number of para-hydroxylation sites is 2. The van der Waals surface area contributed by atoms with E-state index in [4.69, 9.17) is 13.9 Å². The molecule has 0 aliphatic carbocycles. The third-order valence-corrected chi connectivity index (χ3v) is 6.31. The highest BCUT2D eigenvalue weighted by molar-refractivity contribution is 7.91. The average Bonchev–Trinajstić information content (AvgIpc) is 3.28. The van der Waals surface area contributed by atoms with E-state index in [-0.39, 0.29) is 24.0 Å². The maximum atomic E-state index is 13.1. The smallest absolute Gasteiger partial charge is 0.264 e. The van der Waals surface area contributed by atoms with Gasteiger partial charge >= 0.3 is 0 Å². The molecule has 2 aromatic rings.